The van der Waals surface area contributed by atoms with Crippen molar-refractivity contribution in [2.45, 2.75) is 25.6 Å². The lowest BCUT2D eigenvalue weighted by Crippen LogP contribution is -2.53. The minimum absolute atomic E-state index is 0.0133. The Bertz CT molecular complexity index is 456. The molecular weight excluding hydrogens is 272 g/mol. The molecule has 0 heterocycles. The molecule has 0 aliphatic heterocycles. The van der Waals surface area contributed by atoms with Crippen molar-refractivity contribution in [2.75, 3.05) is 13.7 Å². The Balaban J connectivity index is 3.22. The summed E-state index contributed by atoms with van der Waals surface area (Å²) in [6.45, 7) is 12.7. The Kier molecular flexibility index (Phi) is 5.50. The van der Waals surface area contributed by atoms with Crippen molar-refractivity contribution in [3.63, 3.8) is 0 Å². The van der Waals surface area contributed by atoms with E-state index in [9.17, 15) is 20.1 Å². The molecule has 0 aromatic rings. The number of rotatable bonds is 5. The molecule has 1 rings (SSSR count). The van der Waals surface area contributed by atoms with Crippen LogP contribution in [-0.4, -0.2) is 47.2 Å². The van der Waals surface area contributed by atoms with Crippen LogP contribution in [0.4, 0.5) is 0 Å². The summed E-state index contributed by atoms with van der Waals surface area (Å²) >= 11 is 0. The molecule has 0 aromatic heterocycles. The first kappa shape index (κ1) is 17.6. The van der Waals surface area contributed by atoms with Gasteiger partial charge < -0.3 is 20.1 Å². The van der Waals surface area contributed by atoms with Crippen LogP contribution in [0.3, 0.4) is 0 Å². The zero-order chi connectivity index (χ0) is 16.4. The van der Waals surface area contributed by atoms with Crippen molar-refractivity contribution in [2.24, 2.45) is 17.3 Å². The van der Waals surface area contributed by atoms with E-state index in [-0.39, 0.29) is 18.6 Å². The standard InChI is InChI=1S/C16H24O5/c1-6-16(4)7-11(18)12(10(3)15(20)21-5)14(19)13(16)9(2)8-17/h6,11-14,17-19H,1-3,7-8H2,4-5H3/t11-,12+,13-,14+,16+/m0/s1. The van der Waals surface area contributed by atoms with Crippen LogP contribution in [0.5, 0.6) is 0 Å². The Morgan fingerprint density at radius 1 is 1.43 bits per heavy atom. The molecule has 0 radical (unpaired) electrons. The van der Waals surface area contributed by atoms with Crippen LogP contribution in [0, 0.1) is 17.3 Å². The first-order valence-corrected chi connectivity index (χ1v) is 6.78. The van der Waals surface area contributed by atoms with Crippen LogP contribution in [0.1, 0.15) is 13.3 Å². The number of ether oxygens (including phenoxy) is 1. The highest BCUT2D eigenvalue weighted by molar-refractivity contribution is 5.88. The van der Waals surface area contributed by atoms with E-state index in [0.717, 1.165) is 0 Å². The van der Waals surface area contributed by atoms with E-state index in [1.807, 2.05) is 6.92 Å². The molecule has 1 fully saturated rings. The van der Waals surface area contributed by atoms with Gasteiger partial charge >= 0.3 is 5.97 Å². The first-order valence-electron chi connectivity index (χ1n) is 6.78. The molecule has 1 aliphatic carbocycles. The number of esters is 1. The van der Waals surface area contributed by atoms with E-state index in [1.165, 1.54) is 7.11 Å². The van der Waals surface area contributed by atoms with Gasteiger partial charge in [-0.25, -0.2) is 4.79 Å². The summed E-state index contributed by atoms with van der Waals surface area (Å²) in [6, 6.07) is 0. The van der Waals surface area contributed by atoms with Gasteiger partial charge in [0, 0.05) is 17.4 Å². The monoisotopic (exact) mass is 296 g/mol. The summed E-state index contributed by atoms with van der Waals surface area (Å²) in [5.74, 6) is -2.07. The molecule has 118 valence electrons. The highest BCUT2D eigenvalue weighted by atomic mass is 16.5. The number of hydrogen-bond acceptors (Lipinski definition) is 5. The lowest BCUT2D eigenvalue weighted by Gasteiger charge is -2.49. The fraction of sp³-hybridized carbons (Fsp3) is 0.562. The fourth-order valence-electron chi connectivity index (χ4n) is 3.25. The minimum Gasteiger partial charge on any atom is -0.466 e. The van der Waals surface area contributed by atoms with Gasteiger partial charge in [0.1, 0.15) is 0 Å². The van der Waals surface area contributed by atoms with E-state index in [2.05, 4.69) is 24.5 Å². The molecule has 0 bridgehead atoms. The van der Waals surface area contributed by atoms with Crippen molar-refractivity contribution in [3.05, 3.63) is 37.0 Å². The fourth-order valence-corrected chi connectivity index (χ4v) is 3.25. The van der Waals surface area contributed by atoms with Crippen molar-refractivity contribution in [1.82, 2.24) is 0 Å². The number of allylic oxidation sites excluding steroid dienone is 1. The third kappa shape index (κ3) is 3.10. The largest absolute Gasteiger partial charge is 0.466 e. The molecule has 0 amide bonds. The molecule has 3 N–H and O–H groups in total. The first-order chi connectivity index (χ1) is 9.73. The number of carbonyl (C=O) groups excluding carboxylic acids is 1. The quantitative estimate of drug-likeness (QED) is 0.397. The lowest BCUT2D eigenvalue weighted by molar-refractivity contribution is -0.140. The van der Waals surface area contributed by atoms with Gasteiger partial charge in [-0.05, 0) is 17.4 Å². The van der Waals surface area contributed by atoms with E-state index < -0.39 is 35.4 Å². The Morgan fingerprint density at radius 3 is 2.43 bits per heavy atom. The molecular formula is C16H24O5. The minimum atomic E-state index is -1.11. The molecule has 5 atom stereocenters. The van der Waals surface area contributed by atoms with Crippen LogP contribution in [-0.2, 0) is 9.53 Å². The molecule has 0 spiro atoms. The van der Waals surface area contributed by atoms with Crippen LogP contribution in [0.15, 0.2) is 37.0 Å². The average Bonchev–Trinajstić information content (AvgIpc) is 2.45. The topological polar surface area (TPSA) is 87.0 Å². The predicted molar refractivity (Wildman–Crippen MR) is 79.3 cm³/mol. The van der Waals surface area contributed by atoms with Gasteiger partial charge in [-0.3, -0.25) is 0 Å². The Labute approximate surface area is 125 Å². The molecule has 0 unspecified atom stereocenters. The summed E-state index contributed by atoms with van der Waals surface area (Å²) in [5, 5.41) is 30.3. The van der Waals surface area contributed by atoms with Gasteiger partial charge in [0.15, 0.2) is 0 Å². The zero-order valence-corrected chi connectivity index (χ0v) is 12.6. The van der Waals surface area contributed by atoms with Gasteiger partial charge in [0.05, 0.1) is 25.9 Å². The highest BCUT2D eigenvalue weighted by Crippen LogP contribution is 2.49. The smallest absolute Gasteiger partial charge is 0.333 e. The molecule has 1 aliphatic rings. The predicted octanol–water partition coefficient (Wildman–Crippen LogP) is 0.814. The molecule has 5 heteroatoms. The average molecular weight is 296 g/mol. The van der Waals surface area contributed by atoms with E-state index in [0.29, 0.717) is 5.57 Å². The Hall–Kier alpha value is -1.43. The van der Waals surface area contributed by atoms with Crippen LogP contribution >= 0.6 is 0 Å². The number of aliphatic hydroxyl groups is 3. The van der Waals surface area contributed by atoms with Crippen molar-refractivity contribution in [3.8, 4) is 0 Å². The summed E-state index contributed by atoms with van der Waals surface area (Å²) in [5.41, 5.74) is -0.190. The highest BCUT2D eigenvalue weighted by Gasteiger charge is 2.51. The van der Waals surface area contributed by atoms with Crippen molar-refractivity contribution < 1.29 is 24.9 Å². The summed E-state index contributed by atoms with van der Waals surface area (Å²) in [6.07, 6.45) is -0.152. The van der Waals surface area contributed by atoms with E-state index >= 15 is 0 Å². The van der Waals surface area contributed by atoms with Gasteiger partial charge in [-0.2, -0.15) is 0 Å². The second-order valence-electron chi connectivity index (χ2n) is 5.81. The van der Waals surface area contributed by atoms with Crippen LogP contribution < -0.4 is 0 Å². The van der Waals surface area contributed by atoms with Gasteiger partial charge in [0.25, 0.3) is 0 Å². The lowest BCUT2D eigenvalue weighted by atomic mass is 9.58. The summed E-state index contributed by atoms with van der Waals surface area (Å²) in [7, 11) is 1.22. The number of carbonyl (C=O) groups is 1. The van der Waals surface area contributed by atoms with Gasteiger partial charge in [-0.15, -0.1) is 6.58 Å². The van der Waals surface area contributed by atoms with Crippen LogP contribution in [0.25, 0.3) is 0 Å². The summed E-state index contributed by atoms with van der Waals surface area (Å²) in [4.78, 5) is 11.6. The molecule has 21 heavy (non-hydrogen) atoms. The maximum Gasteiger partial charge on any atom is 0.333 e. The van der Waals surface area contributed by atoms with E-state index in [1.54, 1.807) is 6.08 Å². The number of methoxy groups -OCH3 is 1. The van der Waals surface area contributed by atoms with Crippen molar-refractivity contribution >= 4 is 5.97 Å². The number of hydrogen-bond donors (Lipinski definition) is 3. The second kappa shape index (κ2) is 6.56. The number of aliphatic hydroxyl groups excluding tert-OH is 3. The third-order valence-electron chi connectivity index (χ3n) is 4.44. The SMILES string of the molecule is C=C[C@]1(C)C[C@H](O)[C@@H](C(=C)C(=O)OC)[C@@H](O)[C@@H]1C(=C)CO. The normalized spacial score (nSPS) is 35.9. The molecule has 0 aromatic carbocycles. The zero-order valence-electron chi connectivity index (χ0n) is 12.6. The van der Waals surface area contributed by atoms with Gasteiger partial charge in [-0.1, -0.05) is 26.2 Å². The van der Waals surface area contributed by atoms with Crippen LogP contribution in [0.2, 0.25) is 0 Å². The summed E-state index contributed by atoms with van der Waals surface area (Å²) < 4.78 is 4.61. The maximum atomic E-state index is 11.6. The molecule has 5 nitrogen and oxygen atoms in total. The maximum absolute atomic E-state index is 11.6. The van der Waals surface area contributed by atoms with Crippen molar-refractivity contribution in [1.29, 1.82) is 0 Å². The molecule has 1 saturated carbocycles. The Morgan fingerprint density at radius 2 is 2.00 bits per heavy atom. The van der Waals surface area contributed by atoms with E-state index in [4.69, 9.17) is 0 Å². The molecule has 0 saturated heterocycles. The third-order valence-corrected chi connectivity index (χ3v) is 4.44. The second-order valence-corrected chi connectivity index (χ2v) is 5.81. The van der Waals surface area contributed by atoms with Gasteiger partial charge in [0.2, 0.25) is 0 Å².